The number of methoxy groups -OCH3 is 1. The smallest absolute Gasteiger partial charge is 0.165 e. The van der Waals surface area contributed by atoms with E-state index in [9.17, 15) is 10.2 Å². The number of rotatable bonds is 5. The van der Waals surface area contributed by atoms with Gasteiger partial charge in [-0.25, -0.2) is 0 Å². The Kier molecular flexibility index (Phi) is 5.14. The van der Waals surface area contributed by atoms with E-state index in [0.717, 1.165) is 38.8 Å². The summed E-state index contributed by atoms with van der Waals surface area (Å²) in [5.41, 5.74) is 0.0500. The summed E-state index contributed by atoms with van der Waals surface area (Å²) in [6.07, 6.45) is 5.42. The molecule has 0 unspecified atom stereocenters. The molecular weight excluding hydrogens is 426 g/mol. The summed E-state index contributed by atoms with van der Waals surface area (Å²) in [5, 5.41) is 23.1. The number of likely N-dealkylation sites (tertiary alicyclic amines) is 1. The number of nitrogens with zero attached hydrogens (tertiary/aromatic N) is 1. The molecule has 5 nitrogen and oxygen atoms in total. The Hall–Kier alpha value is -1.56. The van der Waals surface area contributed by atoms with Crippen LogP contribution in [0.3, 0.4) is 0 Å². The number of benzene rings is 1. The summed E-state index contributed by atoms with van der Waals surface area (Å²) in [4.78, 5) is 2.65. The molecule has 7 atom stereocenters. The number of hydrogen-bond acceptors (Lipinski definition) is 5. The van der Waals surface area contributed by atoms with Gasteiger partial charge in [-0.15, -0.1) is 6.58 Å². The highest BCUT2D eigenvalue weighted by Crippen LogP contribution is 2.73. The van der Waals surface area contributed by atoms with Crippen molar-refractivity contribution in [1.82, 2.24) is 4.90 Å². The molecule has 2 aliphatic heterocycles. The summed E-state index contributed by atoms with van der Waals surface area (Å²) in [5.74, 6) is 0.717. The van der Waals surface area contributed by atoms with E-state index in [1.165, 1.54) is 11.1 Å². The molecule has 5 heteroatoms. The van der Waals surface area contributed by atoms with Crippen LogP contribution < -0.4 is 4.74 Å². The molecule has 2 fully saturated rings. The van der Waals surface area contributed by atoms with Gasteiger partial charge in [0.25, 0.3) is 0 Å². The minimum atomic E-state index is -0.983. The van der Waals surface area contributed by atoms with Crippen molar-refractivity contribution in [1.29, 1.82) is 0 Å². The average Bonchev–Trinajstić information content (AvgIpc) is 3.12. The van der Waals surface area contributed by atoms with E-state index in [1.54, 1.807) is 13.2 Å². The van der Waals surface area contributed by atoms with Crippen LogP contribution in [-0.2, 0) is 16.6 Å². The lowest BCUT2D eigenvalue weighted by Gasteiger charge is -2.70. The van der Waals surface area contributed by atoms with Gasteiger partial charge in [-0.1, -0.05) is 39.8 Å². The predicted octanol–water partition coefficient (Wildman–Crippen LogP) is 4.83. The van der Waals surface area contributed by atoms with Crippen molar-refractivity contribution in [3.63, 3.8) is 0 Å². The van der Waals surface area contributed by atoms with Gasteiger partial charge in [0.2, 0.25) is 0 Å². The summed E-state index contributed by atoms with van der Waals surface area (Å²) < 4.78 is 13.2. The predicted molar refractivity (Wildman–Crippen MR) is 134 cm³/mol. The molecule has 1 saturated heterocycles. The van der Waals surface area contributed by atoms with Crippen LogP contribution in [-0.4, -0.2) is 58.7 Å². The molecule has 34 heavy (non-hydrogen) atoms. The van der Waals surface area contributed by atoms with Crippen LogP contribution in [0.1, 0.15) is 71.9 Å². The van der Waals surface area contributed by atoms with Crippen LogP contribution in [0.4, 0.5) is 0 Å². The Balaban J connectivity index is 1.77. The maximum absolute atomic E-state index is 12.1. The standard InChI is InChI=1S/C29H43NO4/c1-9-10-14-30-15-13-29-22-18-11-12-19(31)23(22)34-24(29)27(6,33-8)20(28(7,32)25(2,3)4)17-26(29,5)21(30)16-18/h9,11-12,20-21,24,31-32H,1,10,13-17H2,2-8H3/t20-,21+,24-,26+,27+,28-,29-/m0/s1. The largest absolute Gasteiger partial charge is 0.504 e. The van der Waals surface area contributed by atoms with Crippen LogP contribution in [0.5, 0.6) is 11.5 Å². The molecule has 2 aliphatic carbocycles. The lowest BCUT2D eigenvalue weighted by atomic mass is 9.38. The zero-order chi connectivity index (χ0) is 24.9. The number of hydrogen-bond donors (Lipinski definition) is 2. The van der Waals surface area contributed by atoms with E-state index in [2.05, 4.69) is 52.2 Å². The second kappa shape index (κ2) is 7.24. The molecule has 188 valence electrons. The van der Waals surface area contributed by atoms with Crippen LogP contribution in [0.2, 0.25) is 0 Å². The van der Waals surface area contributed by atoms with Crippen LogP contribution in [0, 0.1) is 16.7 Å². The van der Waals surface area contributed by atoms with Gasteiger partial charge in [0.05, 0.1) is 5.60 Å². The van der Waals surface area contributed by atoms with Gasteiger partial charge in [0.1, 0.15) is 11.7 Å². The van der Waals surface area contributed by atoms with Gasteiger partial charge < -0.3 is 19.7 Å². The molecule has 4 aliphatic rings. The van der Waals surface area contributed by atoms with Gasteiger partial charge in [-0.3, -0.25) is 4.90 Å². The van der Waals surface area contributed by atoms with Crippen LogP contribution in [0.15, 0.2) is 24.8 Å². The van der Waals surface area contributed by atoms with Gasteiger partial charge in [0.15, 0.2) is 11.5 Å². The SMILES string of the molecule is C=CCCN1CC[C@]23c4c5ccc(O)c4O[C@H]2[C@](C)(OC)[C@@H]([C@](C)(O)C(C)(C)C)C[C@]3(C)[C@H]1C5. The molecule has 5 rings (SSSR count). The number of aromatic hydroxyl groups is 1. The van der Waals surface area contributed by atoms with Crippen molar-refractivity contribution in [3.05, 3.63) is 35.9 Å². The monoisotopic (exact) mass is 469 g/mol. The fourth-order valence-corrected chi connectivity index (χ4v) is 8.39. The van der Waals surface area contributed by atoms with Gasteiger partial charge >= 0.3 is 0 Å². The van der Waals surface area contributed by atoms with E-state index < -0.39 is 11.2 Å². The summed E-state index contributed by atoms with van der Waals surface area (Å²) in [7, 11) is 1.76. The molecule has 1 aromatic rings. The van der Waals surface area contributed by atoms with Gasteiger partial charge in [0, 0.05) is 36.6 Å². The Morgan fingerprint density at radius 1 is 1.26 bits per heavy atom. The number of phenolic OH excluding ortho intramolecular Hbond substituents is 1. The van der Waals surface area contributed by atoms with Crippen molar-refractivity contribution in [2.75, 3.05) is 20.2 Å². The first-order valence-corrected chi connectivity index (χ1v) is 12.9. The number of aliphatic hydroxyl groups is 1. The normalized spacial score (nSPS) is 40.3. The van der Waals surface area contributed by atoms with Crippen molar-refractivity contribution >= 4 is 0 Å². The highest BCUT2D eigenvalue weighted by molar-refractivity contribution is 5.62. The molecule has 2 heterocycles. The zero-order valence-electron chi connectivity index (χ0n) is 22.1. The molecule has 1 spiro atoms. The first-order chi connectivity index (χ1) is 15.8. The van der Waals surface area contributed by atoms with E-state index in [4.69, 9.17) is 9.47 Å². The topological polar surface area (TPSA) is 62.2 Å². The fourth-order valence-electron chi connectivity index (χ4n) is 8.39. The first kappa shape index (κ1) is 24.1. The maximum Gasteiger partial charge on any atom is 0.165 e. The second-order valence-corrected chi connectivity index (χ2v) is 13.0. The average molecular weight is 470 g/mol. The number of phenols is 1. The highest BCUT2D eigenvalue weighted by atomic mass is 16.6. The lowest BCUT2D eigenvalue weighted by molar-refractivity contribution is -0.270. The lowest BCUT2D eigenvalue weighted by Crippen LogP contribution is -2.79. The Bertz CT molecular complexity index is 1010. The third-order valence-electron chi connectivity index (χ3n) is 10.9. The molecule has 2 N–H and O–H groups in total. The third-order valence-corrected chi connectivity index (χ3v) is 10.9. The van der Waals surface area contributed by atoms with E-state index >= 15 is 0 Å². The van der Waals surface area contributed by atoms with E-state index in [-0.39, 0.29) is 34.0 Å². The maximum atomic E-state index is 12.1. The minimum absolute atomic E-state index is 0.138. The van der Waals surface area contributed by atoms with Crippen molar-refractivity contribution in [3.8, 4) is 11.5 Å². The molecule has 0 amide bonds. The zero-order valence-corrected chi connectivity index (χ0v) is 22.1. The fraction of sp³-hybridized carbons (Fsp3) is 0.724. The molecule has 0 aromatic heterocycles. The van der Waals surface area contributed by atoms with Gasteiger partial charge in [-0.05, 0) is 68.5 Å². The molecule has 0 radical (unpaired) electrons. The molecule has 1 aromatic carbocycles. The minimum Gasteiger partial charge on any atom is -0.504 e. The number of piperidine rings is 1. The summed E-state index contributed by atoms with van der Waals surface area (Å²) >= 11 is 0. The first-order valence-electron chi connectivity index (χ1n) is 12.9. The molecule has 2 bridgehead atoms. The molecular formula is C29H43NO4. The van der Waals surface area contributed by atoms with Crippen molar-refractivity contribution < 1.29 is 19.7 Å². The van der Waals surface area contributed by atoms with Crippen LogP contribution in [0.25, 0.3) is 0 Å². The van der Waals surface area contributed by atoms with Crippen molar-refractivity contribution in [2.45, 2.75) is 96.0 Å². The Labute approximate surface area is 205 Å². The summed E-state index contributed by atoms with van der Waals surface area (Å²) in [6.45, 7) is 18.8. The summed E-state index contributed by atoms with van der Waals surface area (Å²) in [6, 6.07) is 4.23. The third kappa shape index (κ3) is 2.67. The second-order valence-electron chi connectivity index (χ2n) is 13.0. The molecule has 1 saturated carbocycles. The van der Waals surface area contributed by atoms with E-state index in [1.807, 2.05) is 13.0 Å². The quantitative estimate of drug-likeness (QED) is 0.605. The Morgan fingerprint density at radius 2 is 1.97 bits per heavy atom. The highest BCUT2D eigenvalue weighted by Gasteiger charge is 2.77. The van der Waals surface area contributed by atoms with Crippen LogP contribution >= 0.6 is 0 Å². The Morgan fingerprint density at radius 3 is 2.59 bits per heavy atom. The number of ether oxygens (including phenoxy) is 2. The van der Waals surface area contributed by atoms with E-state index in [0.29, 0.717) is 11.8 Å². The van der Waals surface area contributed by atoms with Gasteiger partial charge in [-0.2, -0.15) is 0 Å². The van der Waals surface area contributed by atoms with Crippen molar-refractivity contribution in [2.24, 2.45) is 16.7 Å².